The summed E-state index contributed by atoms with van der Waals surface area (Å²) >= 11 is 0. The molecule has 0 bridgehead atoms. The van der Waals surface area contributed by atoms with Crippen molar-refractivity contribution < 1.29 is 70.0 Å². The monoisotopic (exact) mass is 1160 g/mol. The predicted molar refractivity (Wildman–Crippen MR) is 301 cm³/mol. The molecule has 0 aliphatic rings. The van der Waals surface area contributed by atoms with E-state index in [0.717, 1.165) is 16.7 Å². The molecule has 0 aliphatic carbocycles. The zero-order valence-corrected chi connectivity index (χ0v) is 41.8. The molecule has 0 radical (unpaired) electrons. The molecule has 0 aliphatic heterocycles. The minimum Gasteiger partial charge on any atom is -0.507 e. The number of phenolic OH excluding ortho intramolecular Hbond substituents is 1. The van der Waals surface area contributed by atoms with Crippen LogP contribution in [0.3, 0.4) is 0 Å². The van der Waals surface area contributed by atoms with E-state index in [9.17, 15) is 9.22 Å². The van der Waals surface area contributed by atoms with E-state index in [1.807, 2.05) is 0 Å². The molecule has 0 saturated carbocycles. The fourth-order valence-corrected chi connectivity index (χ4v) is 8.65. The van der Waals surface area contributed by atoms with Gasteiger partial charge in [-0.15, -0.1) is 23.8 Å². The molecule has 0 fully saturated rings. The molecule has 2 aromatic heterocycles. The van der Waals surface area contributed by atoms with Gasteiger partial charge in [0.2, 0.25) is 0 Å². The smallest absolute Gasteiger partial charge is 0.148 e. The average molecular weight is 1160 g/mol. The molecule has 4 nitrogen and oxygen atoms in total. The van der Waals surface area contributed by atoms with Gasteiger partial charge >= 0.3 is 0 Å². The van der Waals surface area contributed by atoms with Crippen LogP contribution in [0, 0.1) is 12.9 Å². The molecule has 370 valence electrons. The Morgan fingerprint density at radius 1 is 0.556 bits per heavy atom. The van der Waals surface area contributed by atoms with Crippen LogP contribution in [0.15, 0.2) is 152 Å². The molecule has 1 N–H and O–H groups in total. The third-order valence-electron chi connectivity index (χ3n) is 12.5. The molecule has 9 aromatic rings. The summed E-state index contributed by atoms with van der Waals surface area (Å²) in [6, 6.07) is 37.6. The van der Waals surface area contributed by atoms with Crippen molar-refractivity contribution in [1.82, 2.24) is 14.5 Å². The van der Waals surface area contributed by atoms with E-state index in [2.05, 4.69) is 11.1 Å². The van der Waals surface area contributed by atoms with Gasteiger partial charge in [0, 0.05) is 82.4 Å². The van der Waals surface area contributed by atoms with Gasteiger partial charge in [0.05, 0.1) is 22.3 Å². The maximum Gasteiger partial charge on any atom is 0.148 e. The number of para-hydroxylation sites is 1. The third kappa shape index (κ3) is 10.4. The summed E-state index contributed by atoms with van der Waals surface area (Å²) in [5, 5.41) is 13.2. The Kier molecular flexibility index (Phi) is 6.93. The average Bonchev–Trinajstić information content (AvgIpc) is 1.04. The minimum atomic E-state index is -4.35. The van der Waals surface area contributed by atoms with Gasteiger partial charge in [0.15, 0.2) is 0 Å². The zero-order chi connectivity index (χ0) is 77.6. The number of aromatic nitrogens is 3. The number of aryl methyl sites for hydroxylation is 1. The van der Waals surface area contributed by atoms with E-state index in [1.54, 1.807) is 100 Å². The van der Waals surface area contributed by atoms with Gasteiger partial charge in [-0.25, -0.2) is 4.98 Å². The maximum atomic E-state index is 13.2. The fourth-order valence-electron chi connectivity index (χ4n) is 8.65. The van der Waals surface area contributed by atoms with Crippen molar-refractivity contribution in [1.29, 1.82) is 0 Å². The first-order valence-electron chi connectivity index (χ1n) is 38.5. The Labute approximate surface area is 488 Å². The largest absolute Gasteiger partial charge is 0.507 e. The Morgan fingerprint density at radius 3 is 1.85 bits per heavy atom. The van der Waals surface area contributed by atoms with Crippen LogP contribution in [0.2, 0.25) is 0 Å². The summed E-state index contributed by atoms with van der Waals surface area (Å²) in [5.41, 5.74) is -13.9. The number of aromatic hydroxyl groups is 1. The summed E-state index contributed by atoms with van der Waals surface area (Å²) in [7, 11) is 0. The van der Waals surface area contributed by atoms with Crippen LogP contribution in [0.25, 0.3) is 83.9 Å². The topological polar surface area (TPSA) is 50.9 Å². The van der Waals surface area contributed by atoms with Crippen LogP contribution < -0.4 is 0 Å². The van der Waals surface area contributed by atoms with Crippen molar-refractivity contribution in [2.45, 2.75) is 124 Å². The second-order valence-corrected chi connectivity index (χ2v) is 18.2. The van der Waals surface area contributed by atoms with E-state index in [-0.39, 0.29) is 71.8 Å². The van der Waals surface area contributed by atoms with Crippen LogP contribution in [-0.2, 0) is 37.3 Å². The van der Waals surface area contributed by atoms with Crippen LogP contribution in [0.1, 0.15) is 178 Å². The maximum absolute atomic E-state index is 13.2. The van der Waals surface area contributed by atoms with Gasteiger partial charge in [-0.1, -0.05) is 209 Å². The molecule has 0 unspecified atom stereocenters. The number of rotatable bonds is 9. The number of phenols is 1. The van der Waals surface area contributed by atoms with Crippen LogP contribution >= 0.6 is 0 Å². The SMILES string of the molecule is [2H]C([2H])([2H])c1cc(-c2cc(C([2H])(C)C)cc(C([2H])(C)C)c2)ccc1-n1c(-c2cc(C(C([2H])([2H])[2H])(C([2H])([2H])[2H])C([2H])([2H])[2H])cc(C(C([2H])([2H])[2H])(C([2H])([2H])[2H])C([2H])([2H])[2H])c2O)nc2c(-c3[c-]c(-c4cc(-c5ccc(C(C([2H])([2H])[2H])(C([2H])([2H])[2H])C([2H])([2H])[2H])cc5)ccn4)cc(-c4ccccc4)c3)cccc21.[Pt]. The quantitative estimate of drug-likeness (QED) is 0.147. The molecule has 0 atom stereocenters. The number of hydrogen-bond donors (Lipinski definition) is 1. The Morgan fingerprint density at radius 2 is 1.18 bits per heavy atom. The number of hydrogen-bond acceptors (Lipinski definition) is 3. The van der Waals surface area contributed by atoms with Gasteiger partial charge in [-0.3, -0.25) is 9.55 Å². The van der Waals surface area contributed by atoms with Crippen LogP contribution in [0.4, 0.5) is 0 Å². The molecular weight excluding hydrogens is 1060 g/mol. The van der Waals surface area contributed by atoms with Gasteiger partial charge in [-0.2, -0.15) is 0 Å². The molecule has 5 heteroatoms. The Hall–Kier alpha value is -6.35. The number of fused-ring (bicyclic) bond motifs is 1. The third-order valence-corrected chi connectivity index (χ3v) is 12.5. The molecule has 2 heterocycles. The number of nitrogens with zero attached hydrogens (tertiary/aromatic N) is 3. The van der Waals surface area contributed by atoms with Gasteiger partial charge in [0.1, 0.15) is 11.6 Å². The summed E-state index contributed by atoms with van der Waals surface area (Å²) in [6.45, 7) is -33.0. The summed E-state index contributed by atoms with van der Waals surface area (Å²) in [5.74, 6) is -4.95. The summed E-state index contributed by atoms with van der Waals surface area (Å²) < 4.78 is 280. The van der Waals surface area contributed by atoms with Gasteiger partial charge in [0.25, 0.3) is 0 Å². The first-order chi connectivity index (χ1) is 46.6. The van der Waals surface area contributed by atoms with Gasteiger partial charge < -0.3 is 5.11 Å². The minimum absolute atomic E-state index is 0. The van der Waals surface area contributed by atoms with E-state index >= 15 is 0 Å². The van der Waals surface area contributed by atoms with Crippen molar-refractivity contribution in [3.8, 4) is 78.6 Å². The van der Waals surface area contributed by atoms with Crippen molar-refractivity contribution >= 4 is 11.0 Å². The van der Waals surface area contributed by atoms with E-state index < -0.39 is 136 Å². The standard InChI is InChI=1S/C67H70N3O.Pt/c1-41(2)48-32-49(42(3)4)34-51(33-48)46-25-28-60(43(5)31-46)70-61-22-18-21-56(62(61)69-64(70)57-39-55(66(9,10)11)40-58(63(57)71)67(12,13)14)52-35-50(44-19-16-15-17-20-44)36-53(37-52)59-38-47(29-30-68-59)45-23-26-54(27-24-45)65(6,7)8;/h15-36,38-42,71H,1-14H3;/q-1;/i5D3,6D3,7D3,8D3,9D3,10D3,11D3,12D3,13D3,14D3,41D,42D;. The van der Waals surface area contributed by atoms with E-state index in [4.69, 9.17) is 44.7 Å². The van der Waals surface area contributed by atoms with Crippen molar-refractivity contribution in [2.24, 2.45) is 0 Å². The second-order valence-electron chi connectivity index (χ2n) is 18.2. The molecule has 9 rings (SSSR count). The summed E-state index contributed by atoms with van der Waals surface area (Å²) in [6.07, 6.45) is 1.41. The molecule has 0 amide bonds. The van der Waals surface area contributed by atoms with Gasteiger partial charge in [-0.05, 0) is 121 Å². The number of benzene rings is 7. The molecule has 0 saturated heterocycles. The van der Waals surface area contributed by atoms with Crippen molar-refractivity contribution in [2.75, 3.05) is 0 Å². The Balaban J connectivity index is 0.0000137. The first kappa shape index (κ1) is 25.1. The Bertz CT molecular complexity index is 4540. The second kappa shape index (κ2) is 19.9. The van der Waals surface area contributed by atoms with Crippen molar-refractivity contribution in [3.05, 3.63) is 191 Å². The first-order valence-corrected chi connectivity index (χ1v) is 22.5. The van der Waals surface area contributed by atoms with E-state index in [0.29, 0.717) is 45.0 Å². The fraction of sp³-hybridized carbons (Fsp3) is 0.284. The molecular formula is C67H70N3OPt-. The predicted octanol–water partition coefficient (Wildman–Crippen LogP) is 18.4. The molecule has 72 heavy (non-hydrogen) atoms. The van der Waals surface area contributed by atoms with Crippen LogP contribution in [0.5, 0.6) is 5.75 Å². The molecule has 7 aromatic carbocycles. The van der Waals surface area contributed by atoms with Crippen LogP contribution in [-0.4, -0.2) is 19.6 Å². The molecule has 0 spiro atoms. The summed E-state index contributed by atoms with van der Waals surface area (Å²) in [4.78, 5) is 9.69. The number of pyridine rings is 1. The van der Waals surface area contributed by atoms with Crippen molar-refractivity contribution in [3.63, 3.8) is 0 Å². The van der Waals surface area contributed by atoms with E-state index in [1.165, 1.54) is 54.7 Å². The zero-order valence-electron chi connectivity index (χ0n) is 71.5. The normalized spacial score (nSPS) is 20.8. The number of imidazole rings is 1.